The number of rotatable bonds is 13. The van der Waals surface area contributed by atoms with Crippen LogP contribution in [-0.4, -0.2) is 40.4 Å². The molecule has 0 atom stereocenters. The molecule has 2 rings (SSSR count). The third kappa shape index (κ3) is 8.41. The number of benzene rings is 2. The van der Waals surface area contributed by atoms with Gasteiger partial charge in [0, 0.05) is 20.6 Å². The van der Waals surface area contributed by atoms with Gasteiger partial charge in [0.1, 0.15) is 11.5 Å². The van der Waals surface area contributed by atoms with Crippen molar-refractivity contribution < 1.29 is 28.5 Å². The lowest BCUT2D eigenvalue weighted by atomic mass is 10.1. The molecule has 0 saturated heterocycles. The Labute approximate surface area is 166 Å². The smallest absolute Gasteiger partial charge is 0.306 e. The molecular formula is C22H28O6. The van der Waals surface area contributed by atoms with Gasteiger partial charge in [-0.15, -0.1) is 0 Å². The molecule has 0 spiro atoms. The van der Waals surface area contributed by atoms with E-state index in [-0.39, 0.29) is 19.6 Å². The molecule has 0 fully saturated rings. The molecule has 0 aliphatic heterocycles. The average Bonchev–Trinajstić information content (AvgIpc) is 2.74. The van der Waals surface area contributed by atoms with Gasteiger partial charge in [-0.25, -0.2) is 0 Å². The zero-order valence-electron chi connectivity index (χ0n) is 16.5. The monoisotopic (exact) mass is 388 g/mol. The molecule has 6 heteroatoms. The summed E-state index contributed by atoms with van der Waals surface area (Å²) in [5, 5.41) is 0. The minimum Gasteiger partial charge on any atom is -0.468 e. The molecule has 0 saturated carbocycles. The fourth-order valence-electron chi connectivity index (χ4n) is 2.54. The van der Waals surface area contributed by atoms with E-state index in [2.05, 4.69) is 0 Å². The van der Waals surface area contributed by atoms with Crippen LogP contribution < -0.4 is 9.47 Å². The minimum atomic E-state index is -0.178. The van der Waals surface area contributed by atoms with E-state index in [1.54, 1.807) is 14.2 Å². The van der Waals surface area contributed by atoms with Crippen LogP contribution in [0.25, 0.3) is 0 Å². The Morgan fingerprint density at radius 3 is 1.75 bits per heavy atom. The predicted molar refractivity (Wildman–Crippen MR) is 105 cm³/mol. The van der Waals surface area contributed by atoms with E-state index in [4.69, 9.17) is 23.7 Å². The van der Waals surface area contributed by atoms with Gasteiger partial charge in [-0.2, -0.15) is 0 Å². The summed E-state index contributed by atoms with van der Waals surface area (Å²) < 4.78 is 25.7. The standard InChI is InChI=1S/C22H28O6/c1-24-16-27-20-10-5-18(6-11-20)4-3-15-26-22(23)14-9-19-7-12-21(13-8-19)28-17-25-2/h5-8,10-13H,3-4,9,14-17H2,1-2H3. The van der Waals surface area contributed by atoms with Gasteiger partial charge in [-0.3, -0.25) is 4.79 Å². The first-order valence-corrected chi connectivity index (χ1v) is 9.28. The van der Waals surface area contributed by atoms with Gasteiger partial charge in [-0.05, 0) is 54.7 Å². The van der Waals surface area contributed by atoms with Crippen molar-refractivity contribution in [2.45, 2.75) is 25.7 Å². The first-order chi connectivity index (χ1) is 13.7. The summed E-state index contributed by atoms with van der Waals surface area (Å²) in [5.74, 6) is 1.34. The molecule has 28 heavy (non-hydrogen) atoms. The van der Waals surface area contributed by atoms with Crippen molar-refractivity contribution in [3.8, 4) is 11.5 Å². The summed E-state index contributed by atoms with van der Waals surface area (Å²) >= 11 is 0. The second-order valence-corrected chi connectivity index (χ2v) is 6.21. The Morgan fingerprint density at radius 1 is 0.750 bits per heavy atom. The summed E-state index contributed by atoms with van der Waals surface area (Å²) in [6.45, 7) is 0.878. The molecule has 0 aliphatic carbocycles. The largest absolute Gasteiger partial charge is 0.468 e. The van der Waals surface area contributed by atoms with E-state index in [9.17, 15) is 4.79 Å². The molecule has 0 aliphatic rings. The van der Waals surface area contributed by atoms with Crippen molar-refractivity contribution >= 4 is 5.97 Å². The Hall–Kier alpha value is -2.57. The lowest BCUT2D eigenvalue weighted by Crippen LogP contribution is -2.08. The highest BCUT2D eigenvalue weighted by Gasteiger charge is 2.05. The van der Waals surface area contributed by atoms with Crippen LogP contribution in [0.3, 0.4) is 0 Å². The second kappa shape index (κ2) is 12.8. The van der Waals surface area contributed by atoms with Crippen molar-refractivity contribution in [2.24, 2.45) is 0 Å². The lowest BCUT2D eigenvalue weighted by Gasteiger charge is -2.08. The summed E-state index contributed by atoms with van der Waals surface area (Å²) in [7, 11) is 3.17. The van der Waals surface area contributed by atoms with Crippen LogP contribution in [0.5, 0.6) is 11.5 Å². The first-order valence-electron chi connectivity index (χ1n) is 9.28. The molecule has 2 aromatic rings. The maximum atomic E-state index is 11.9. The topological polar surface area (TPSA) is 63.2 Å². The molecule has 0 heterocycles. The van der Waals surface area contributed by atoms with Crippen molar-refractivity contribution in [1.29, 1.82) is 0 Å². The van der Waals surface area contributed by atoms with Crippen molar-refractivity contribution in [3.05, 3.63) is 59.7 Å². The first kappa shape index (κ1) is 21.7. The number of esters is 1. The van der Waals surface area contributed by atoms with Gasteiger partial charge in [0.2, 0.25) is 0 Å². The third-order valence-corrected chi connectivity index (χ3v) is 4.02. The lowest BCUT2D eigenvalue weighted by molar-refractivity contribution is -0.143. The molecule has 6 nitrogen and oxygen atoms in total. The highest BCUT2D eigenvalue weighted by atomic mass is 16.7. The van der Waals surface area contributed by atoms with Crippen molar-refractivity contribution in [3.63, 3.8) is 0 Å². The van der Waals surface area contributed by atoms with Crippen molar-refractivity contribution in [2.75, 3.05) is 34.4 Å². The third-order valence-electron chi connectivity index (χ3n) is 4.02. The number of aryl methyl sites for hydroxylation is 2. The van der Waals surface area contributed by atoms with E-state index in [0.717, 1.165) is 29.9 Å². The summed E-state index contributed by atoms with van der Waals surface area (Å²) in [5.41, 5.74) is 2.24. The summed E-state index contributed by atoms with van der Waals surface area (Å²) in [6, 6.07) is 15.4. The maximum absolute atomic E-state index is 11.9. The average molecular weight is 388 g/mol. The molecule has 0 aromatic heterocycles. The van der Waals surface area contributed by atoms with Gasteiger partial charge in [-0.1, -0.05) is 24.3 Å². The minimum absolute atomic E-state index is 0.178. The van der Waals surface area contributed by atoms with E-state index < -0.39 is 0 Å². The molecule has 152 valence electrons. The Bertz CT molecular complexity index is 681. The maximum Gasteiger partial charge on any atom is 0.306 e. The number of carbonyl (C=O) groups excluding carboxylic acids is 1. The zero-order chi connectivity index (χ0) is 20.0. The zero-order valence-corrected chi connectivity index (χ0v) is 16.5. The summed E-state index contributed by atoms with van der Waals surface area (Å²) in [6.07, 6.45) is 2.65. The van der Waals surface area contributed by atoms with Crippen molar-refractivity contribution in [1.82, 2.24) is 0 Å². The van der Waals surface area contributed by atoms with Crippen LogP contribution in [0.15, 0.2) is 48.5 Å². The van der Waals surface area contributed by atoms with E-state index in [1.807, 2.05) is 48.5 Å². The van der Waals surface area contributed by atoms with Gasteiger partial charge in [0.15, 0.2) is 13.6 Å². The van der Waals surface area contributed by atoms with Crippen LogP contribution in [-0.2, 0) is 31.8 Å². The van der Waals surface area contributed by atoms with Gasteiger partial charge in [0.25, 0.3) is 0 Å². The predicted octanol–water partition coefficient (Wildman–Crippen LogP) is 3.76. The van der Waals surface area contributed by atoms with Gasteiger partial charge in [0.05, 0.1) is 6.61 Å². The van der Waals surface area contributed by atoms with Gasteiger partial charge >= 0.3 is 5.97 Å². The number of carbonyl (C=O) groups is 1. The highest BCUT2D eigenvalue weighted by Crippen LogP contribution is 2.15. The number of hydrogen-bond acceptors (Lipinski definition) is 6. The SMILES string of the molecule is COCOc1ccc(CCCOC(=O)CCc2ccc(OCOC)cc2)cc1. The van der Waals surface area contributed by atoms with E-state index in [0.29, 0.717) is 19.4 Å². The van der Waals surface area contributed by atoms with Crippen LogP contribution in [0.2, 0.25) is 0 Å². The molecular weight excluding hydrogens is 360 g/mol. The second-order valence-electron chi connectivity index (χ2n) is 6.21. The van der Waals surface area contributed by atoms with E-state index in [1.165, 1.54) is 5.56 Å². The Morgan fingerprint density at radius 2 is 1.25 bits per heavy atom. The number of hydrogen-bond donors (Lipinski definition) is 0. The molecule has 0 radical (unpaired) electrons. The van der Waals surface area contributed by atoms with Crippen LogP contribution in [0.4, 0.5) is 0 Å². The van der Waals surface area contributed by atoms with Crippen LogP contribution in [0, 0.1) is 0 Å². The fraction of sp³-hybridized carbons (Fsp3) is 0.409. The highest BCUT2D eigenvalue weighted by molar-refractivity contribution is 5.69. The molecule has 0 bridgehead atoms. The van der Waals surface area contributed by atoms with E-state index >= 15 is 0 Å². The fourth-order valence-corrected chi connectivity index (χ4v) is 2.54. The molecule has 0 unspecified atom stereocenters. The summed E-state index contributed by atoms with van der Waals surface area (Å²) in [4.78, 5) is 11.9. The Kier molecular flexibility index (Phi) is 9.89. The normalized spacial score (nSPS) is 10.5. The number of ether oxygens (including phenoxy) is 5. The van der Waals surface area contributed by atoms with Crippen LogP contribution in [0.1, 0.15) is 24.0 Å². The Balaban J connectivity index is 1.59. The molecule has 0 N–H and O–H groups in total. The molecule has 0 amide bonds. The van der Waals surface area contributed by atoms with Gasteiger partial charge < -0.3 is 23.7 Å². The quantitative estimate of drug-likeness (QED) is 0.296. The van der Waals surface area contributed by atoms with Crippen LogP contribution >= 0.6 is 0 Å². The molecule has 2 aromatic carbocycles. The number of methoxy groups -OCH3 is 2.